The fourth-order valence-electron chi connectivity index (χ4n) is 2.94. The number of nitrogens with zero attached hydrogens (tertiary/aromatic N) is 2. The fraction of sp³-hybridized carbons (Fsp3) is 0.158. The average Bonchev–Trinajstić information content (AvgIpc) is 3.08. The summed E-state index contributed by atoms with van der Waals surface area (Å²) in [4.78, 5) is 21.7. The van der Waals surface area contributed by atoms with E-state index in [4.69, 9.17) is 0 Å². The molecule has 2 heterocycles. The van der Waals surface area contributed by atoms with Crippen LogP contribution >= 0.6 is 0 Å². The third-order valence-corrected chi connectivity index (χ3v) is 4.31. The molecule has 4 rings (SSSR count). The van der Waals surface area contributed by atoms with Crippen LogP contribution in [0.25, 0.3) is 11.1 Å². The second-order valence-corrected chi connectivity index (χ2v) is 5.82. The van der Waals surface area contributed by atoms with Gasteiger partial charge in [0, 0.05) is 32.5 Å². The van der Waals surface area contributed by atoms with Crippen molar-refractivity contribution in [2.75, 3.05) is 13.1 Å². The van der Waals surface area contributed by atoms with E-state index in [0.717, 1.165) is 35.6 Å². The zero-order valence-corrected chi connectivity index (χ0v) is 12.6. The van der Waals surface area contributed by atoms with Crippen molar-refractivity contribution < 1.29 is 6.22 Å². The van der Waals surface area contributed by atoms with Gasteiger partial charge >= 0.3 is 0 Å². The van der Waals surface area contributed by atoms with Crippen molar-refractivity contribution in [3.63, 3.8) is 0 Å². The molecule has 0 bridgehead atoms. The molecule has 4 nitrogen and oxygen atoms in total. The summed E-state index contributed by atoms with van der Waals surface area (Å²) in [5.74, 6) is 1.39. The minimum atomic E-state index is 0. The van der Waals surface area contributed by atoms with Gasteiger partial charge in [-0.25, -0.2) is 4.98 Å². The number of amides is 1. The first kappa shape index (κ1) is 13.8. The van der Waals surface area contributed by atoms with Gasteiger partial charge in [0.2, 0.25) is 0 Å². The Morgan fingerprint density at radius 3 is 2.39 bits per heavy atom. The monoisotopic (exact) mass is 305 g/mol. The lowest BCUT2D eigenvalue weighted by atomic mass is 9.97. The van der Waals surface area contributed by atoms with E-state index < -0.39 is 0 Å². The maximum absolute atomic E-state index is 12.5. The van der Waals surface area contributed by atoms with Crippen molar-refractivity contribution in [1.29, 1.82) is 0 Å². The van der Waals surface area contributed by atoms with Gasteiger partial charge in [-0.15, -0.1) is 0 Å². The lowest BCUT2D eigenvalue weighted by molar-refractivity contribution is 0.0595. The van der Waals surface area contributed by atoms with Crippen molar-refractivity contribution in [2.45, 2.75) is 5.92 Å². The molecule has 1 saturated heterocycles. The number of hydrogen-bond donors (Lipinski definition) is 1. The Hall–Kier alpha value is -2.88. The van der Waals surface area contributed by atoms with Crippen LogP contribution in [0.5, 0.6) is 0 Å². The standard InChI is InChI=1S/C19H17N3O.H2/c23-19(22-12-17(13-22)18-20-10-11-21-18)16-8-6-15(7-9-16)14-4-2-1-3-5-14;/h1-11,17H,12-13H2,(H,20,21);1H. The van der Waals surface area contributed by atoms with Crippen LogP contribution in [0.2, 0.25) is 0 Å². The first-order valence-electron chi connectivity index (χ1n) is 7.75. The van der Waals surface area contributed by atoms with Crippen LogP contribution in [0.1, 0.15) is 23.5 Å². The highest BCUT2D eigenvalue weighted by Gasteiger charge is 2.33. The number of H-pyrrole nitrogens is 1. The van der Waals surface area contributed by atoms with Gasteiger partial charge in [0.05, 0.1) is 5.92 Å². The second kappa shape index (κ2) is 5.72. The smallest absolute Gasteiger partial charge is 0.253 e. The van der Waals surface area contributed by atoms with Crippen LogP contribution in [0, 0.1) is 0 Å². The van der Waals surface area contributed by atoms with Gasteiger partial charge in [0.15, 0.2) is 0 Å². The highest BCUT2D eigenvalue weighted by molar-refractivity contribution is 5.95. The predicted molar refractivity (Wildman–Crippen MR) is 91.2 cm³/mol. The highest BCUT2D eigenvalue weighted by atomic mass is 16.2. The number of imidazole rings is 1. The quantitative estimate of drug-likeness (QED) is 0.804. The van der Waals surface area contributed by atoms with E-state index in [1.165, 1.54) is 0 Å². The van der Waals surface area contributed by atoms with Crippen molar-refractivity contribution >= 4 is 5.91 Å². The Morgan fingerprint density at radius 1 is 1.04 bits per heavy atom. The summed E-state index contributed by atoms with van der Waals surface area (Å²) in [5, 5.41) is 0. The molecule has 1 aliphatic heterocycles. The van der Waals surface area contributed by atoms with Gasteiger partial charge < -0.3 is 9.88 Å². The van der Waals surface area contributed by atoms with E-state index in [1.54, 1.807) is 6.20 Å². The summed E-state index contributed by atoms with van der Waals surface area (Å²) in [6.07, 6.45) is 3.57. The van der Waals surface area contributed by atoms with Crippen LogP contribution in [0.15, 0.2) is 67.0 Å². The normalized spacial score (nSPS) is 14.5. The molecule has 0 unspecified atom stereocenters. The SMILES string of the molecule is O=C(c1ccc(-c2ccccc2)cc1)N1CC(c2ncc[nH]2)C1.[HH]. The molecule has 3 aromatic rings. The van der Waals surface area contributed by atoms with Crippen LogP contribution in [0.4, 0.5) is 0 Å². The zero-order valence-electron chi connectivity index (χ0n) is 12.6. The van der Waals surface area contributed by atoms with Crippen LogP contribution < -0.4 is 0 Å². The minimum absolute atomic E-state index is 0. The molecular formula is C19H19N3O. The molecule has 1 aliphatic rings. The summed E-state index contributed by atoms with van der Waals surface area (Å²) in [7, 11) is 0. The van der Waals surface area contributed by atoms with Gasteiger partial charge in [0.25, 0.3) is 5.91 Å². The van der Waals surface area contributed by atoms with E-state index in [9.17, 15) is 4.79 Å². The number of hydrogen-bond acceptors (Lipinski definition) is 2. The third kappa shape index (κ3) is 2.63. The van der Waals surface area contributed by atoms with Crippen molar-refractivity contribution in [3.8, 4) is 11.1 Å². The maximum atomic E-state index is 12.5. The summed E-state index contributed by atoms with van der Waals surface area (Å²) in [5.41, 5.74) is 3.02. The second-order valence-electron chi connectivity index (χ2n) is 5.82. The summed E-state index contributed by atoms with van der Waals surface area (Å²) in [6.45, 7) is 1.46. The predicted octanol–water partition coefficient (Wildman–Crippen LogP) is 3.56. The molecule has 0 atom stereocenters. The van der Waals surface area contributed by atoms with Gasteiger partial charge in [-0.3, -0.25) is 4.79 Å². The van der Waals surface area contributed by atoms with Gasteiger partial charge in [-0.05, 0) is 23.3 Å². The molecular weight excluding hydrogens is 286 g/mol. The van der Waals surface area contributed by atoms with E-state index in [0.29, 0.717) is 5.92 Å². The van der Waals surface area contributed by atoms with Crippen molar-refractivity contribution in [1.82, 2.24) is 14.9 Å². The zero-order chi connectivity index (χ0) is 15.6. The largest absolute Gasteiger partial charge is 0.348 e. The molecule has 1 aromatic heterocycles. The van der Waals surface area contributed by atoms with Gasteiger partial charge in [-0.1, -0.05) is 42.5 Å². The number of benzene rings is 2. The number of aromatic nitrogens is 2. The average molecular weight is 305 g/mol. The van der Waals surface area contributed by atoms with Gasteiger partial charge in [0.1, 0.15) is 5.82 Å². The van der Waals surface area contributed by atoms with Crippen molar-refractivity contribution in [2.24, 2.45) is 0 Å². The molecule has 1 fully saturated rings. The molecule has 1 N–H and O–H groups in total. The summed E-state index contributed by atoms with van der Waals surface area (Å²) < 4.78 is 0. The molecule has 116 valence electrons. The Bertz CT molecular complexity index is 794. The molecule has 0 radical (unpaired) electrons. The lowest BCUT2D eigenvalue weighted by Gasteiger charge is -2.38. The Balaban J connectivity index is 0.00000169. The molecule has 23 heavy (non-hydrogen) atoms. The topological polar surface area (TPSA) is 49.0 Å². The number of nitrogens with one attached hydrogen (secondary N) is 1. The molecule has 0 aliphatic carbocycles. The summed E-state index contributed by atoms with van der Waals surface area (Å²) >= 11 is 0. The fourth-order valence-corrected chi connectivity index (χ4v) is 2.94. The van der Waals surface area contributed by atoms with Gasteiger partial charge in [-0.2, -0.15) is 0 Å². The molecule has 2 aromatic carbocycles. The molecule has 0 saturated carbocycles. The number of likely N-dealkylation sites (tertiary alicyclic amines) is 1. The molecule has 4 heteroatoms. The van der Waals surface area contributed by atoms with Crippen molar-refractivity contribution in [3.05, 3.63) is 78.4 Å². The lowest BCUT2D eigenvalue weighted by Crippen LogP contribution is -2.48. The first-order chi connectivity index (χ1) is 11.3. The van der Waals surface area contributed by atoms with Crippen LogP contribution in [0.3, 0.4) is 0 Å². The number of aromatic amines is 1. The van der Waals surface area contributed by atoms with E-state index >= 15 is 0 Å². The van der Waals surface area contributed by atoms with E-state index in [-0.39, 0.29) is 7.33 Å². The number of carbonyl (C=O) groups is 1. The number of carbonyl (C=O) groups excluding carboxylic acids is 1. The Kier molecular flexibility index (Phi) is 3.42. The van der Waals surface area contributed by atoms with Crippen LogP contribution in [-0.4, -0.2) is 33.9 Å². The molecule has 1 amide bonds. The first-order valence-corrected chi connectivity index (χ1v) is 7.75. The highest BCUT2D eigenvalue weighted by Crippen LogP contribution is 2.26. The minimum Gasteiger partial charge on any atom is -0.348 e. The third-order valence-electron chi connectivity index (χ3n) is 4.31. The van der Waals surface area contributed by atoms with E-state index in [1.807, 2.05) is 53.6 Å². The summed E-state index contributed by atoms with van der Waals surface area (Å²) in [6, 6.07) is 18.0. The van der Waals surface area contributed by atoms with Crippen LogP contribution in [-0.2, 0) is 0 Å². The molecule has 0 spiro atoms. The maximum Gasteiger partial charge on any atom is 0.253 e. The van der Waals surface area contributed by atoms with E-state index in [2.05, 4.69) is 22.1 Å². The Labute approximate surface area is 136 Å². The Morgan fingerprint density at radius 2 is 1.74 bits per heavy atom. The number of rotatable bonds is 3.